The van der Waals surface area contributed by atoms with Crippen molar-refractivity contribution in [2.24, 2.45) is 11.8 Å². The zero-order chi connectivity index (χ0) is 43.3. The second-order valence-corrected chi connectivity index (χ2v) is 19.1. The van der Waals surface area contributed by atoms with Crippen LogP contribution >= 0.6 is 0 Å². The lowest BCUT2D eigenvalue weighted by molar-refractivity contribution is -0.167. The summed E-state index contributed by atoms with van der Waals surface area (Å²) in [6, 6.07) is 0. The highest BCUT2D eigenvalue weighted by atomic mass is 16.6. The first-order valence-electron chi connectivity index (χ1n) is 26.2. The molecule has 0 rings (SSSR count). The molecule has 0 bridgehead atoms. The van der Waals surface area contributed by atoms with Crippen molar-refractivity contribution in [3.05, 3.63) is 0 Å². The molecule has 0 amide bonds. The molecule has 0 aromatic heterocycles. The highest BCUT2D eigenvalue weighted by Crippen LogP contribution is 2.17. The molecule has 0 aromatic carbocycles. The average molecular weight is 835 g/mol. The molecule has 0 saturated heterocycles. The Labute approximate surface area is 368 Å². The number of esters is 3. The van der Waals surface area contributed by atoms with Gasteiger partial charge in [0, 0.05) is 19.3 Å². The van der Waals surface area contributed by atoms with Crippen molar-refractivity contribution in [3.63, 3.8) is 0 Å². The Balaban J connectivity index is 4.28. The minimum absolute atomic E-state index is 0.0639. The van der Waals surface area contributed by atoms with Gasteiger partial charge in [-0.15, -0.1) is 0 Å². The lowest BCUT2D eigenvalue weighted by atomic mass is 10.0. The number of carbonyl (C=O) groups is 3. The van der Waals surface area contributed by atoms with E-state index in [0.29, 0.717) is 19.3 Å². The van der Waals surface area contributed by atoms with Crippen LogP contribution in [0.3, 0.4) is 0 Å². The van der Waals surface area contributed by atoms with Crippen molar-refractivity contribution in [1.82, 2.24) is 0 Å². The van der Waals surface area contributed by atoms with E-state index < -0.39 is 6.10 Å². The van der Waals surface area contributed by atoms with E-state index in [-0.39, 0.29) is 31.1 Å². The van der Waals surface area contributed by atoms with Crippen molar-refractivity contribution >= 4 is 17.9 Å². The monoisotopic (exact) mass is 835 g/mol. The van der Waals surface area contributed by atoms with E-state index in [0.717, 1.165) is 69.6 Å². The van der Waals surface area contributed by atoms with Gasteiger partial charge in [-0.3, -0.25) is 14.4 Å². The summed E-state index contributed by atoms with van der Waals surface area (Å²) in [5, 5.41) is 0. The first kappa shape index (κ1) is 57.4. The third-order valence-electron chi connectivity index (χ3n) is 12.0. The van der Waals surface area contributed by atoms with Crippen molar-refractivity contribution in [1.29, 1.82) is 0 Å². The topological polar surface area (TPSA) is 78.9 Å². The molecule has 0 aromatic rings. The summed E-state index contributed by atoms with van der Waals surface area (Å²) in [5.41, 5.74) is 0. The number of unbranched alkanes of at least 4 members (excludes halogenated alkanes) is 32. The third kappa shape index (κ3) is 47.3. The summed E-state index contributed by atoms with van der Waals surface area (Å²) in [5.74, 6) is 0.784. The Hall–Kier alpha value is -1.59. The molecule has 0 aliphatic rings. The normalized spacial score (nSPS) is 12.1. The fourth-order valence-electron chi connectivity index (χ4n) is 7.99. The Morgan fingerprint density at radius 2 is 0.559 bits per heavy atom. The molecule has 0 fully saturated rings. The van der Waals surface area contributed by atoms with Crippen LogP contribution in [-0.4, -0.2) is 37.2 Å². The first-order valence-corrected chi connectivity index (χ1v) is 26.2. The molecule has 59 heavy (non-hydrogen) atoms. The molecule has 0 unspecified atom stereocenters. The van der Waals surface area contributed by atoms with Gasteiger partial charge in [0.15, 0.2) is 6.10 Å². The van der Waals surface area contributed by atoms with Gasteiger partial charge in [-0.2, -0.15) is 0 Å². The minimum Gasteiger partial charge on any atom is -0.462 e. The summed E-state index contributed by atoms with van der Waals surface area (Å²) in [6.07, 6.45) is 46.6. The smallest absolute Gasteiger partial charge is 0.306 e. The zero-order valence-electron chi connectivity index (χ0n) is 40.4. The predicted molar refractivity (Wildman–Crippen MR) is 252 cm³/mol. The van der Waals surface area contributed by atoms with Gasteiger partial charge in [0.2, 0.25) is 0 Å². The maximum Gasteiger partial charge on any atom is 0.306 e. The van der Waals surface area contributed by atoms with Crippen LogP contribution < -0.4 is 0 Å². The molecule has 1 atom stereocenters. The lowest BCUT2D eigenvalue weighted by Gasteiger charge is -2.18. The molecule has 0 radical (unpaired) electrons. The second-order valence-electron chi connectivity index (χ2n) is 19.1. The van der Waals surface area contributed by atoms with Crippen LogP contribution in [0.2, 0.25) is 0 Å². The van der Waals surface area contributed by atoms with E-state index in [1.54, 1.807) is 0 Å². The van der Waals surface area contributed by atoms with Crippen LogP contribution in [0.15, 0.2) is 0 Å². The van der Waals surface area contributed by atoms with Crippen LogP contribution in [0.25, 0.3) is 0 Å². The Kier molecular flexibility index (Phi) is 44.7. The quantitative estimate of drug-likeness (QED) is 0.0345. The van der Waals surface area contributed by atoms with E-state index in [2.05, 4.69) is 34.6 Å². The van der Waals surface area contributed by atoms with E-state index >= 15 is 0 Å². The van der Waals surface area contributed by atoms with Gasteiger partial charge in [0.1, 0.15) is 13.2 Å². The van der Waals surface area contributed by atoms with Gasteiger partial charge in [-0.1, -0.05) is 253 Å². The Morgan fingerprint density at radius 3 is 0.831 bits per heavy atom. The highest BCUT2D eigenvalue weighted by molar-refractivity contribution is 5.71. The van der Waals surface area contributed by atoms with Crippen molar-refractivity contribution in [2.45, 2.75) is 298 Å². The number of hydrogen-bond donors (Lipinski definition) is 0. The Bertz CT molecular complexity index is 900. The van der Waals surface area contributed by atoms with Gasteiger partial charge in [-0.25, -0.2) is 0 Å². The van der Waals surface area contributed by atoms with E-state index in [1.807, 2.05) is 0 Å². The number of carbonyl (C=O) groups excluding carboxylic acids is 3. The first-order chi connectivity index (χ1) is 28.7. The fourth-order valence-corrected chi connectivity index (χ4v) is 7.99. The molecule has 0 spiro atoms. The van der Waals surface area contributed by atoms with E-state index in [4.69, 9.17) is 14.2 Å². The summed E-state index contributed by atoms with van der Waals surface area (Å²) in [6.45, 7) is 11.4. The maximum atomic E-state index is 12.8. The standard InChI is InChI=1S/C53H102O6/c1-6-7-8-9-10-11-12-13-16-19-22-28-33-38-43-51(54)57-46-50(59-53(56)45-40-35-30-25-24-27-32-37-42-49(4)5)47-58-52(55)44-39-34-29-23-20-17-14-15-18-21-26-31-36-41-48(2)3/h48-50H,6-47H2,1-5H3/t50-/m0/s1. The van der Waals surface area contributed by atoms with Gasteiger partial charge >= 0.3 is 17.9 Å². The molecule has 0 aliphatic carbocycles. The van der Waals surface area contributed by atoms with Gasteiger partial charge < -0.3 is 14.2 Å². The maximum absolute atomic E-state index is 12.8. The highest BCUT2D eigenvalue weighted by Gasteiger charge is 2.19. The second kappa shape index (κ2) is 45.9. The number of ether oxygens (including phenoxy) is 3. The van der Waals surface area contributed by atoms with E-state index in [9.17, 15) is 14.4 Å². The average Bonchev–Trinajstić information content (AvgIpc) is 3.20. The summed E-state index contributed by atoms with van der Waals surface area (Å²) in [4.78, 5) is 37.9. The van der Waals surface area contributed by atoms with Crippen LogP contribution in [0.5, 0.6) is 0 Å². The molecule has 6 nitrogen and oxygen atoms in total. The molecule has 0 N–H and O–H groups in total. The number of hydrogen-bond acceptors (Lipinski definition) is 6. The van der Waals surface area contributed by atoms with Crippen LogP contribution in [0.1, 0.15) is 291 Å². The van der Waals surface area contributed by atoms with Crippen LogP contribution in [-0.2, 0) is 28.6 Å². The van der Waals surface area contributed by atoms with Crippen LogP contribution in [0.4, 0.5) is 0 Å². The van der Waals surface area contributed by atoms with Gasteiger partial charge in [0.25, 0.3) is 0 Å². The molecule has 0 aliphatic heterocycles. The van der Waals surface area contributed by atoms with Gasteiger partial charge in [-0.05, 0) is 31.1 Å². The third-order valence-corrected chi connectivity index (χ3v) is 12.0. The van der Waals surface area contributed by atoms with Gasteiger partial charge in [0.05, 0.1) is 0 Å². The van der Waals surface area contributed by atoms with E-state index in [1.165, 1.54) is 180 Å². The van der Waals surface area contributed by atoms with Crippen molar-refractivity contribution < 1.29 is 28.6 Å². The lowest BCUT2D eigenvalue weighted by Crippen LogP contribution is -2.30. The van der Waals surface area contributed by atoms with Crippen molar-refractivity contribution in [3.8, 4) is 0 Å². The predicted octanol–water partition coefficient (Wildman–Crippen LogP) is 16.9. The molecule has 6 heteroatoms. The van der Waals surface area contributed by atoms with Crippen molar-refractivity contribution in [2.75, 3.05) is 13.2 Å². The largest absolute Gasteiger partial charge is 0.462 e. The molecule has 0 heterocycles. The SMILES string of the molecule is CCCCCCCCCCCCCCCCC(=O)OC[C@@H](COC(=O)CCCCCCCCCCCCCCCC(C)C)OC(=O)CCCCCCCCCCC(C)C. The summed E-state index contributed by atoms with van der Waals surface area (Å²) in [7, 11) is 0. The van der Waals surface area contributed by atoms with Crippen LogP contribution in [0, 0.1) is 11.8 Å². The Morgan fingerprint density at radius 1 is 0.322 bits per heavy atom. The molecular formula is C53H102O6. The number of rotatable bonds is 47. The summed E-state index contributed by atoms with van der Waals surface area (Å²) < 4.78 is 16.8. The zero-order valence-corrected chi connectivity index (χ0v) is 40.4. The summed E-state index contributed by atoms with van der Waals surface area (Å²) >= 11 is 0. The fraction of sp³-hybridized carbons (Fsp3) is 0.943. The molecule has 0 saturated carbocycles. The molecular weight excluding hydrogens is 733 g/mol. The molecule has 350 valence electrons. The minimum atomic E-state index is -0.762.